The van der Waals surface area contributed by atoms with Crippen LogP contribution in [-0.2, 0) is 6.42 Å². The number of halogens is 1. The van der Waals surface area contributed by atoms with Gasteiger partial charge in [-0.3, -0.25) is 4.79 Å². The maximum absolute atomic E-state index is 12.3. The van der Waals surface area contributed by atoms with E-state index in [0.717, 1.165) is 58.8 Å². The number of nitrogens with zero attached hydrogens (tertiary/aromatic N) is 2. The summed E-state index contributed by atoms with van der Waals surface area (Å²) < 4.78 is 12.3. The van der Waals surface area contributed by atoms with Crippen LogP contribution in [0.2, 0.25) is 0 Å². The zero-order valence-corrected chi connectivity index (χ0v) is 16.9. The normalized spacial score (nSPS) is 20.5. The summed E-state index contributed by atoms with van der Waals surface area (Å²) in [6.07, 6.45) is 2.68. The standard InChI is InChI=1S/C22H25FN6O/c1-12-21(27-14-9-13(10-14)24-8-6-23)29-20-15(3-2-4-18(20)26-12)19-11-16-17(28-19)5-7-25-22(16)30/h2-4,11,13-14,24,28H,5-10H2,1H3,(H,25,30)(H,27,29). The van der Waals surface area contributed by atoms with Gasteiger partial charge in [-0.2, -0.15) is 0 Å². The average Bonchev–Trinajstić information content (AvgIpc) is 3.15. The summed E-state index contributed by atoms with van der Waals surface area (Å²) in [6.45, 7) is 2.68. The van der Waals surface area contributed by atoms with Gasteiger partial charge in [0, 0.05) is 48.5 Å². The number of amides is 1. The van der Waals surface area contributed by atoms with Crippen LogP contribution < -0.4 is 16.0 Å². The van der Waals surface area contributed by atoms with Crippen LogP contribution in [0.15, 0.2) is 24.3 Å². The molecule has 3 heterocycles. The van der Waals surface area contributed by atoms with Crippen molar-refractivity contribution in [3.05, 3.63) is 41.2 Å². The van der Waals surface area contributed by atoms with Gasteiger partial charge in [0.25, 0.3) is 5.91 Å². The van der Waals surface area contributed by atoms with Gasteiger partial charge in [-0.05, 0) is 31.9 Å². The first-order valence-electron chi connectivity index (χ1n) is 10.5. The number of hydrogen-bond donors (Lipinski definition) is 4. The van der Waals surface area contributed by atoms with Crippen LogP contribution in [0.5, 0.6) is 0 Å². The lowest BCUT2D eigenvalue weighted by Crippen LogP contribution is -2.48. The van der Waals surface area contributed by atoms with Crippen LogP contribution in [0.1, 0.15) is 34.6 Å². The minimum absolute atomic E-state index is 0.0378. The predicted molar refractivity (Wildman–Crippen MR) is 115 cm³/mol. The molecule has 1 fully saturated rings. The van der Waals surface area contributed by atoms with Crippen molar-refractivity contribution in [3.63, 3.8) is 0 Å². The van der Waals surface area contributed by atoms with E-state index in [1.54, 1.807) is 0 Å². The number of para-hydroxylation sites is 1. The van der Waals surface area contributed by atoms with Crippen LogP contribution in [0.4, 0.5) is 10.2 Å². The number of anilines is 1. The number of benzene rings is 1. The third-order valence-corrected chi connectivity index (χ3v) is 5.97. The van der Waals surface area contributed by atoms with Crippen molar-refractivity contribution < 1.29 is 9.18 Å². The number of aromatic nitrogens is 3. The molecular formula is C22H25FN6O. The number of alkyl halides is 1. The van der Waals surface area contributed by atoms with E-state index in [4.69, 9.17) is 9.97 Å². The summed E-state index contributed by atoms with van der Waals surface area (Å²) in [6, 6.07) is 8.50. The third-order valence-electron chi connectivity index (χ3n) is 5.97. The molecule has 8 heteroatoms. The van der Waals surface area contributed by atoms with Crippen molar-refractivity contribution in [3.8, 4) is 11.3 Å². The number of rotatable bonds is 6. The molecule has 7 nitrogen and oxygen atoms in total. The Kier molecular flexibility index (Phi) is 4.86. The Labute approximate surface area is 173 Å². The van der Waals surface area contributed by atoms with Crippen molar-refractivity contribution in [2.24, 2.45) is 0 Å². The fourth-order valence-electron chi connectivity index (χ4n) is 4.31. The number of aryl methyl sites for hydroxylation is 1. The Balaban J connectivity index is 1.45. The van der Waals surface area contributed by atoms with E-state index in [1.165, 1.54) is 0 Å². The largest absolute Gasteiger partial charge is 0.366 e. The summed E-state index contributed by atoms with van der Waals surface area (Å²) in [5, 5.41) is 9.58. The van der Waals surface area contributed by atoms with E-state index < -0.39 is 0 Å². The second kappa shape index (κ2) is 7.68. The number of nitrogens with one attached hydrogen (secondary N) is 4. The van der Waals surface area contributed by atoms with Gasteiger partial charge in [-0.25, -0.2) is 14.4 Å². The Morgan fingerprint density at radius 1 is 1.20 bits per heavy atom. The number of fused-ring (bicyclic) bond motifs is 2. The van der Waals surface area contributed by atoms with E-state index in [1.807, 2.05) is 31.2 Å². The van der Waals surface area contributed by atoms with Gasteiger partial charge in [0.2, 0.25) is 0 Å². The van der Waals surface area contributed by atoms with E-state index in [0.29, 0.717) is 30.7 Å². The maximum atomic E-state index is 12.3. The average molecular weight is 408 g/mol. The Hall–Kier alpha value is -3.00. The number of hydrogen-bond acceptors (Lipinski definition) is 5. The first kappa shape index (κ1) is 19.0. The van der Waals surface area contributed by atoms with Crippen LogP contribution in [0.25, 0.3) is 22.3 Å². The van der Waals surface area contributed by atoms with Crippen molar-refractivity contribution in [2.75, 3.05) is 25.1 Å². The first-order valence-corrected chi connectivity index (χ1v) is 10.5. The Morgan fingerprint density at radius 2 is 2.07 bits per heavy atom. The van der Waals surface area contributed by atoms with Crippen molar-refractivity contribution in [2.45, 2.75) is 38.3 Å². The molecule has 0 bridgehead atoms. The van der Waals surface area contributed by atoms with E-state index in [2.05, 4.69) is 20.9 Å². The molecule has 2 aromatic heterocycles. The molecule has 5 rings (SSSR count). The molecule has 0 atom stereocenters. The Bertz CT molecular complexity index is 1100. The molecule has 1 aromatic carbocycles. The van der Waals surface area contributed by atoms with E-state index in [9.17, 15) is 9.18 Å². The second-order valence-electron chi connectivity index (χ2n) is 8.06. The molecule has 1 aliphatic heterocycles. The summed E-state index contributed by atoms with van der Waals surface area (Å²) in [7, 11) is 0. The van der Waals surface area contributed by atoms with Crippen LogP contribution in [0.3, 0.4) is 0 Å². The molecule has 0 spiro atoms. The summed E-state index contributed by atoms with van der Waals surface area (Å²) >= 11 is 0. The summed E-state index contributed by atoms with van der Waals surface area (Å²) in [5.41, 5.74) is 5.95. The smallest absolute Gasteiger partial charge is 0.253 e. The third kappa shape index (κ3) is 3.41. The molecule has 0 radical (unpaired) electrons. The molecule has 4 N–H and O–H groups in total. The molecule has 1 saturated carbocycles. The highest BCUT2D eigenvalue weighted by Gasteiger charge is 2.29. The molecule has 0 saturated heterocycles. The van der Waals surface area contributed by atoms with Gasteiger partial charge in [0.1, 0.15) is 18.0 Å². The van der Waals surface area contributed by atoms with Crippen LogP contribution in [-0.4, -0.2) is 52.7 Å². The molecular weight excluding hydrogens is 383 g/mol. The van der Waals surface area contributed by atoms with Gasteiger partial charge in [-0.15, -0.1) is 0 Å². The van der Waals surface area contributed by atoms with Gasteiger partial charge in [0.15, 0.2) is 0 Å². The highest BCUT2D eigenvalue weighted by atomic mass is 19.1. The van der Waals surface area contributed by atoms with Crippen LogP contribution >= 0.6 is 0 Å². The Morgan fingerprint density at radius 3 is 2.87 bits per heavy atom. The second-order valence-corrected chi connectivity index (χ2v) is 8.06. The number of H-pyrrole nitrogens is 1. The lowest BCUT2D eigenvalue weighted by molar-refractivity contribution is 0.0946. The minimum atomic E-state index is -0.337. The molecule has 30 heavy (non-hydrogen) atoms. The quantitative estimate of drug-likeness (QED) is 0.503. The number of carbonyl (C=O) groups is 1. The van der Waals surface area contributed by atoms with Crippen molar-refractivity contribution in [1.29, 1.82) is 0 Å². The summed E-state index contributed by atoms with van der Waals surface area (Å²) in [4.78, 5) is 25.2. The van der Waals surface area contributed by atoms with Gasteiger partial charge in [0.05, 0.1) is 16.8 Å². The minimum Gasteiger partial charge on any atom is -0.366 e. The molecule has 1 aliphatic carbocycles. The number of aromatic amines is 1. The van der Waals surface area contributed by atoms with Gasteiger partial charge in [-0.1, -0.05) is 12.1 Å². The van der Waals surface area contributed by atoms with Crippen molar-refractivity contribution >= 4 is 22.8 Å². The highest BCUT2D eigenvalue weighted by molar-refractivity contribution is 5.99. The topological polar surface area (TPSA) is 94.7 Å². The fourth-order valence-corrected chi connectivity index (χ4v) is 4.31. The van der Waals surface area contributed by atoms with Crippen molar-refractivity contribution in [1.82, 2.24) is 25.6 Å². The zero-order chi connectivity index (χ0) is 20.7. The molecule has 156 valence electrons. The monoisotopic (exact) mass is 408 g/mol. The highest BCUT2D eigenvalue weighted by Crippen LogP contribution is 2.31. The molecule has 1 amide bonds. The molecule has 0 unspecified atom stereocenters. The summed E-state index contributed by atoms with van der Waals surface area (Å²) in [5.74, 6) is 0.738. The van der Waals surface area contributed by atoms with Gasteiger partial charge >= 0.3 is 0 Å². The molecule has 2 aliphatic rings. The SMILES string of the molecule is Cc1nc2cccc(-c3cc4c([nH]3)CCNC4=O)c2nc1NC1CC(NCCF)C1. The lowest BCUT2D eigenvalue weighted by atomic mass is 9.86. The van der Waals surface area contributed by atoms with E-state index in [-0.39, 0.29) is 12.6 Å². The lowest BCUT2D eigenvalue weighted by Gasteiger charge is -2.36. The number of carbonyl (C=O) groups excluding carboxylic acids is 1. The van der Waals surface area contributed by atoms with Gasteiger partial charge < -0.3 is 20.9 Å². The zero-order valence-electron chi connectivity index (χ0n) is 16.9. The maximum Gasteiger partial charge on any atom is 0.253 e. The fraction of sp³-hybridized carbons (Fsp3) is 0.409. The molecule has 3 aromatic rings. The first-order chi connectivity index (χ1) is 14.6. The van der Waals surface area contributed by atoms with E-state index >= 15 is 0 Å². The predicted octanol–water partition coefficient (Wildman–Crippen LogP) is 2.72. The van der Waals surface area contributed by atoms with Crippen LogP contribution in [0, 0.1) is 6.92 Å².